The van der Waals surface area contributed by atoms with Crippen molar-refractivity contribution < 1.29 is 18.7 Å². The van der Waals surface area contributed by atoms with Gasteiger partial charge in [-0.15, -0.1) is 0 Å². The van der Waals surface area contributed by atoms with Gasteiger partial charge >= 0.3 is 6.09 Å². The Morgan fingerprint density at radius 2 is 2.25 bits per heavy atom. The molecule has 1 aromatic rings. The average Bonchev–Trinajstić information content (AvgIpc) is 3.08. The molecule has 9 nitrogen and oxygen atoms in total. The second kappa shape index (κ2) is 6.25. The molecule has 3 rings (SSSR count). The number of hydrogen-bond acceptors (Lipinski definition) is 5. The van der Waals surface area contributed by atoms with Crippen molar-refractivity contribution in [2.75, 3.05) is 43.2 Å². The number of halogens is 1. The van der Waals surface area contributed by atoms with E-state index in [0.29, 0.717) is 18.0 Å². The number of hydrogen-bond donors (Lipinski definition) is 0. The molecule has 0 aromatic heterocycles. The minimum absolute atomic E-state index is 0.0293. The molecule has 0 aliphatic carbocycles. The molecule has 2 amide bonds. The van der Waals surface area contributed by atoms with Gasteiger partial charge in [-0.25, -0.2) is 9.18 Å². The summed E-state index contributed by atoms with van der Waals surface area (Å²) >= 11 is 0. The van der Waals surface area contributed by atoms with Crippen LogP contribution >= 0.6 is 0 Å². The van der Waals surface area contributed by atoms with Crippen LogP contribution in [-0.2, 0) is 9.53 Å². The van der Waals surface area contributed by atoms with E-state index in [9.17, 15) is 14.0 Å². The highest BCUT2D eigenvalue weighted by atomic mass is 19.1. The number of carbonyl (C=O) groups excluding carboxylic acids is 2. The highest BCUT2D eigenvalue weighted by Gasteiger charge is 2.33. The summed E-state index contributed by atoms with van der Waals surface area (Å²) in [7, 11) is 1.65. The summed E-state index contributed by atoms with van der Waals surface area (Å²) in [6.45, 7) is 0.644. The number of nitrogens with zero attached hydrogens (tertiary/aromatic N) is 6. The summed E-state index contributed by atoms with van der Waals surface area (Å²) in [6, 6.07) is 4.36. The van der Waals surface area contributed by atoms with E-state index < -0.39 is 18.0 Å². The van der Waals surface area contributed by atoms with Gasteiger partial charge in [0.05, 0.1) is 37.7 Å². The zero-order chi connectivity index (χ0) is 17.3. The molecular formula is C14H15FN6O3. The Bertz CT molecular complexity index is 735. The lowest BCUT2D eigenvalue weighted by Crippen LogP contribution is -2.26. The van der Waals surface area contributed by atoms with Gasteiger partial charge in [0.25, 0.3) is 0 Å². The molecule has 2 aliphatic rings. The van der Waals surface area contributed by atoms with E-state index >= 15 is 0 Å². The first-order chi connectivity index (χ1) is 11.5. The van der Waals surface area contributed by atoms with Crippen molar-refractivity contribution in [3.05, 3.63) is 34.5 Å². The Morgan fingerprint density at radius 1 is 1.46 bits per heavy atom. The molecule has 0 unspecified atom stereocenters. The first kappa shape index (κ1) is 15.9. The van der Waals surface area contributed by atoms with E-state index in [4.69, 9.17) is 10.3 Å². The molecule has 24 heavy (non-hydrogen) atoms. The first-order valence-electron chi connectivity index (χ1n) is 7.27. The van der Waals surface area contributed by atoms with Crippen molar-refractivity contribution in [1.29, 1.82) is 0 Å². The van der Waals surface area contributed by atoms with E-state index in [-0.39, 0.29) is 25.5 Å². The van der Waals surface area contributed by atoms with Crippen LogP contribution in [0, 0.1) is 5.82 Å². The number of carbonyl (C=O) groups is 2. The summed E-state index contributed by atoms with van der Waals surface area (Å²) in [5, 5.41) is 3.37. The fraction of sp³-hybridized carbons (Fsp3) is 0.429. The lowest BCUT2D eigenvalue weighted by molar-refractivity contribution is -0.125. The zero-order valence-corrected chi connectivity index (χ0v) is 12.9. The standard InChI is InChI=1S/C14H15FN6O3/c1-19-8-20(7-13(19)22)12-3-2-9(4-11(12)15)21-6-10(5-17-18-16)24-14(21)23/h2-4,10H,5-8H2,1H3/t10-/m0/s1. The second-order valence-electron chi connectivity index (χ2n) is 5.60. The maximum Gasteiger partial charge on any atom is 0.414 e. The quantitative estimate of drug-likeness (QED) is 0.475. The maximum atomic E-state index is 14.4. The van der Waals surface area contributed by atoms with Crippen molar-refractivity contribution >= 4 is 23.4 Å². The van der Waals surface area contributed by atoms with E-state index in [1.807, 2.05) is 0 Å². The zero-order valence-electron chi connectivity index (χ0n) is 12.9. The molecule has 0 spiro atoms. The third-order valence-corrected chi connectivity index (χ3v) is 3.94. The van der Waals surface area contributed by atoms with E-state index in [1.165, 1.54) is 21.9 Å². The lowest BCUT2D eigenvalue weighted by Gasteiger charge is -2.20. The van der Waals surface area contributed by atoms with Crippen molar-refractivity contribution in [1.82, 2.24) is 4.90 Å². The summed E-state index contributed by atoms with van der Waals surface area (Å²) in [5.74, 6) is -0.607. The van der Waals surface area contributed by atoms with Gasteiger partial charge in [-0.3, -0.25) is 9.69 Å². The molecular weight excluding hydrogens is 319 g/mol. The Balaban J connectivity index is 1.76. The van der Waals surface area contributed by atoms with Crippen molar-refractivity contribution in [2.45, 2.75) is 6.10 Å². The SMILES string of the molecule is CN1CN(c2ccc(N3C[C@H](CN=[N+]=[N-])OC3=O)cc2F)CC1=O. The minimum Gasteiger partial charge on any atom is -0.444 e. The van der Waals surface area contributed by atoms with Gasteiger partial charge in [0, 0.05) is 12.0 Å². The van der Waals surface area contributed by atoms with E-state index in [1.54, 1.807) is 18.0 Å². The minimum atomic E-state index is -0.614. The fourth-order valence-corrected chi connectivity index (χ4v) is 2.71. The van der Waals surface area contributed by atoms with Crippen LogP contribution in [0.4, 0.5) is 20.6 Å². The molecule has 10 heteroatoms. The first-order valence-corrected chi connectivity index (χ1v) is 7.27. The summed E-state index contributed by atoms with van der Waals surface area (Å²) < 4.78 is 19.5. The van der Waals surface area contributed by atoms with Crippen LogP contribution in [0.1, 0.15) is 0 Å². The summed E-state index contributed by atoms with van der Waals surface area (Å²) in [4.78, 5) is 30.5. The van der Waals surface area contributed by atoms with Gasteiger partial charge < -0.3 is 14.5 Å². The predicted octanol–water partition coefficient (Wildman–Crippen LogP) is 1.70. The Kier molecular flexibility index (Phi) is 4.13. The van der Waals surface area contributed by atoms with Crippen LogP contribution in [0.2, 0.25) is 0 Å². The van der Waals surface area contributed by atoms with Crippen LogP contribution in [-0.4, -0.2) is 56.4 Å². The van der Waals surface area contributed by atoms with E-state index in [2.05, 4.69) is 10.0 Å². The second-order valence-corrected chi connectivity index (χ2v) is 5.60. The molecule has 2 fully saturated rings. The van der Waals surface area contributed by atoms with Gasteiger partial charge in [-0.05, 0) is 23.7 Å². The van der Waals surface area contributed by atoms with Crippen molar-refractivity contribution in [3.63, 3.8) is 0 Å². The monoisotopic (exact) mass is 334 g/mol. The Labute approximate surface area is 136 Å². The molecule has 2 heterocycles. The molecule has 126 valence electrons. The van der Waals surface area contributed by atoms with Crippen LogP contribution in [0.25, 0.3) is 10.4 Å². The van der Waals surface area contributed by atoms with Gasteiger partial charge in [0.15, 0.2) is 0 Å². The number of amides is 2. The maximum absolute atomic E-state index is 14.4. The average molecular weight is 334 g/mol. The van der Waals surface area contributed by atoms with Crippen LogP contribution in [0.5, 0.6) is 0 Å². The molecule has 1 aromatic carbocycles. The molecule has 0 radical (unpaired) electrons. The molecule has 0 N–H and O–H groups in total. The lowest BCUT2D eigenvalue weighted by atomic mass is 10.2. The predicted molar refractivity (Wildman–Crippen MR) is 83.0 cm³/mol. The number of rotatable bonds is 4. The summed E-state index contributed by atoms with van der Waals surface area (Å²) in [6.07, 6.45) is -1.17. The summed E-state index contributed by atoms with van der Waals surface area (Å²) in [5.41, 5.74) is 8.96. The number of anilines is 2. The van der Waals surface area contributed by atoms with Gasteiger partial charge in [-0.1, -0.05) is 5.11 Å². The highest BCUT2D eigenvalue weighted by molar-refractivity contribution is 5.90. The number of azide groups is 1. The number of ether oxygens (including phenoxy) is 1. The molecule has 2 saturated heterocycles. The topological polar surface area (TPSA) is 102 Å². The third-order valence-electron chi connectivity index (χ3n) is 3.94. The largest absolute Gasteiger partial charge is 0.444 e. The van der Waals surface area contributed by atoms with Crippen molar-refractivity contribution in [3.8, 4) is 0 Å². The van der Waals surface area contributed by atoms with Crippen LogP contribution in [0.15, 0.2) is 23.3 Å². The van der Waals surface area contributed by atoms with Gasteiger partial charge in [0.1, 0.15) is 11.9 Å². The number of cyclic esters (lactones) is 1. The van der Waals surface area contributed by atoms with Crippen LogP contribution < -0.4 is 9.80 Å². The smallest absolute Gasteiger partial charge is 0.414 e. The number of likely N-dealkylation sites (N-methyl/N-ethyl adjacent to an activating group) is 1. The Morgan fingerprint density at radius 3 is 2.88 bits per heavy atom. The van der Waals surface area contributed by atoms with Crippen molar-refractivity contribution in [2.24, 2.45) is 5.11 Å². The molecule has 1 atom stereocenters. The van der Waals surface area contributed by atoms with Gasteiger partial charge in [-0.2, -0.15) is 0 Å². The third kappa shape index (κ3) is 2.91. The Hall–Kier alpha value is -3.00. The van der Waals surface area contributed by atoms with Crippen LogP contribution in [0.3, 0.4) is 0 Å². The molecule has 2 aliphatic heterocycles. The van der Waals surface area contributed by atoms with E-state index in [0.717, 1.165) is 0 Å². The molecule has 0 saturated carbocycles. The highest BCUT2D eigenvalue weighted by Crippen LogP contribution is 2.29. The number of benzene rings is 1. The molecule has 0 bridgehead atoms. The normalized spacial score (nSPS) is 20.4. The van der Waals surface area contributed by atoms with Gasteiger partial charge in [0.2, 0.25) is 5.91 Å². The fourth-order valence-electron chi connectivity index (χ4n) is 2.71.